The standard InChI is InChI=1S/C14H14Cl2N2O2S/c15-10-2-1-3-11(16)14(10)12(19)6-17-13(20)5-4-9-7-21-8-18-9/h1-3,7-8,12,19H,4-6H2,(H,17,20)/t12-/m0/s1. The molecule has 1 heterocycles. The minimum Gasteiger partial charge on any atom is -0.386 e. The van der Waals surface area contributed by atoms with Gasteiger partial charge in [0.25, 0.3) is 0 Å². The van der Waals surface area contributed by atoms with Crippen molar-refractivity contribution >= 4 is 40.4 Å². The number of thiazole rings is 1. The molecule has 1 amide bonds. The van der Waals surface area contributed by atoms with E-state index in [1.165, 1.54) is 11.3 Å². The zero-order chi connectivity index (χ0) is 15.2. The van der Waals surface area contributed by atoms with Gasteiger partial charge in [0.1, 0.15) is 0 Å². The molecule has 1 aromatic carbocycles. The number of hydrogen-bond acceptors (Lipinski definition) is 4. The first-order valence-corrected chi connectivity index (χ1v) is 8.03. The van der Waals surface area contributed by atoms with Crippen LogP contribution in [-0.2, 0) is 11.2 Å². The van der Waals surface area contributed by atoms with Gasteiger partial charge in [0, 0.05) is 34.0 Å². The molecule has 0 bridgehead atoms. The van der Waals surface area contributed by atoms with E-state index < -0.39 is 6.10 Å². The van der Waals surface area contributed by atoms with Crippen LogP contribution in [0.15, 0.2) is 29.1 Å². The molecule has 1 aromatic heterocycles. The fourth-order valence-electron chi connectivity index (χ4n) is 1.83. The summed E-state index contributed by atoms with van der Waals surface area (Å²) < 4.78 is 0. The van der Waals surface area contributed by atoms with Crippen molar-refractivity contribution in [2.45, 2.75) is 18.9 Å². The predicted molar refractivity (Wildman–Crippen MR) is 84.9 cm³/mol. The monoisotopic (exact) mass is 344 g/mol. The first-order valence-electron chi connectivity index (χ1n) is 6.33. The van der Waals surface area contributed by atoms with Gasteiger partial charge in [-0.15, -0.1) is 11.3 Å². The van der Waals surface area contributed by atoms with E-state index in [1.807, 2.05) is 5.38 Å². The van der Waals surface area contributed by atoms with Crippen LogP contribution in [0.1, 0.15) is 23.8 Å². The van der Waals surface area contributed by atoms with E-state index in [0.717, 1.165) is 5.69 Å². The van der Waals surface area contributed by atoms with E-state index in [0.29, 0.717) is 28.5 Å². The van der Waals surface area contributed by atoms with E-state index in [2.05, 4.69) is 10.3 Å². The Morgan fingerprint density at radius 2 is 2.10 bits per heavy atom. The van der Waals surface area contributed by atoms with Crippen LogP contribution in [0.5, 0.6) is 0 Å². The number of aryl methyl sites for hydroxylation is 1. The summed E-state index contributed by atoms with van der Waals surface area (Å²) in [6, 6.07) is 5.00. The second-order valence-electron chi connectivity index (χ2n) is 4.43. The average molecular weight is 345 g/mol. The van der Waals surface area contributed by atoms with Gasteiger partial charge in [0.2, 0.25) is 5.91 Å². The van der Waals surface area contributed by atoms with Gasteiger partial charge < -0.3 is 10.4 Å². The van der Waals surface area contributed by atoms with Crippen LogP contribution in [0, 0.1) is 0 Å². The average Bonchev–Trinajstić information content (AvgIpc) is 2.96. The molecule has 0 aliphatic heterocycles. The van der Waals surface area contributed by atoms with E-state index in [1.54, 1.807) is 23.7 Å². The number of rotatable bonds is 6. The van der Waals surface area contributed by atoms with Crippen LogP contribution in [-0.4, -0.2) is 22.5 Å². The second kappa shape index (κ2) is 7.75. The first kappa shape index (κ1) is 16.2. The number of aliphatic hydroxyl groups is 1. The number of nitrogens with one attached hydrogen (secondary N) is 1. The van der Waals surface area contributed by atoms with Gasteiger partial charge >= 0.3 is 0 Å². The Balaban J connectivity index is 1.83. The molecule has 1 atom stereocenters. The zero-order valence-corrected chi connectivity index (χ0v) is 13.4. The number of halogens is 2. The fourth-order valence-corrected chi connectivity index (χ4v) is 3.07. The minimum absolute atomic E-state index is 0.0688. The highest BCUT2D eigenvalue weighted by Gasteiger charge is 2.16. The van der Waals surface area contributed by atoms with Crippen LogP contribution in [0.3, 0.4) is 0 Å². The van der Waals surface area contributed by atoms with Gasteiger partial charge in [-0.05, 0) is 18.6 Å². The van der Waals surface area contributed by atoms with Crippen molar-refractivity contribution in [1.82, 2.24) is 10.3 Å². The van der Waals surface area contributed by atoms with Crippen molar-refractivity contribution in [3.63, 3.8) is 0 Å². The van der Waals surface area contributed by atoms with Crippen molar-refractivity contribution in [3.8, 4) is 0 Å². The van der Waals surface area contributed by atoms with Crippen molar-refractivity contribution in [1.29, 1.82) is 0 Å². The molecule has 4 nitrogen and oxygen atoms in total. The van der Waals surface area contributed by atoms with E-state index in [4.69, 9.17) is 23.2 Å². The summed E-state index contributed by atoms with van der Waals surface area (Å²) in [7, 11) is 0. The van der Waals surface area contributed by atoms with Crippen molar-refractivity contribution < 1.29 is 9.90 Å². The Morgan fingerprint density at radius 3 is 2.71 bits per heavy atom. The maximum Gasteiger partial charge on any atom is 0.220 e. The van der Waals surface area contributed by atoms with Crippen molar-refractivity contribution in [3.05, 3.63) is 50.4 Å². The third-order valence-electron chi connectivity index (χ3n) is 2.92. The Morgan fingerprint density at radius 1 is 1.38 bits per heavy atom. The first-order chi connectivity index (χ1) is 10.1. The summed E-state index contributed by atoms with van der Waals surface area (Å²) in [6.45, 7) is 0.0688. The molecular weight excluding hydrogens is 331 g/mol. The van der Waals surface area contributed by atoms with Gasteiger partial charge in [0.15, 0.2) is 0 Å². The number of aromatic nitrogens is 1. The number of nitrogens with zero attached hydrogens (tertiary/aromatic N) is 1. The molecule has 0 fully saturated rings. The summed E-state index contributed by atoms with van der Waals surface area (Å²) in [5, 5.41) is 15.4. The molecule has 0 radical (unpaired) electrons. The molecule has 2 rings (SSSR count). The summed E-state index contributed by atoms with van der Waals surface area (Å²) >= 11 is 13.5. The number of hydrogen-bond donors (Lipinski definition) is 2. The fraction of sp³-hybridized carbons (Fsp3) is 0.286. The molecule has 0 saturated carbocycles. The summed E-state index contributed by atoms with van der Waals surface area (Å²) in [5.41, 5.74) is 3.06. The van der Waals surface area contributed by atoms with Crippen molar-refractivity contribution in [2.24, 2.45) is 0 Å². The van der Waals surface area contributed by atoms with Crippen LogP contribution in [0.25, 0.3) is 0 Å². The van der Waals surface area contributed by atoms with Crippen molar-refractivity contribution in [2.75, 3.05) is 6.54 Å². The molecule has 0 spiro atoms. The van der Waals surface area contributed by atoms with Crippen LogP contribution >= 0.6 is 34.5 Å². The predicted octanol–water partition coefficient (Wildman–Crippen LogP) is 3.23. The lowest BCUT2D eigenvalue weighted by Gasteiger charge is -2.15. The third kappa shape index (κ3) is 4.68. The molecule has 112 valence electrons. The summed E-state index contributed by atoms with van der Waals surface area (Å²) in [4.78, 5) is 15.8. The zero-order valence-electron chi connectivity index (χ0n) is 11.1. The van der Waals surface area contributed by atoms with Gasteiger partial charge in [-0.2, -0.15) is 0 Å². The Bertz CT molecular complexity index is 585. The Hall–Kier alpha value is -1.14. The van der Waals surface area contributed by atoms with Gasteiger partial charge in [-0.25, -0.2) is 4.98 Å². The molecule has 21 heavy (non-hydrogen) atoms. The Labute approximate surface area is 136 Å². The number of amides is 1. The minimum atomic E-state index is -0.936. The van der Waals surface area contributed by atoms with Crippen LogP contribution < -0.4 is 5.32 Å². The van der Waals surface area contributed by atoms with Gasteiger partial charge in [-0.3, -0.25) is 4.79 Å². The van der Waals surface area contributed by atoms with Gasteiger partial charge in [0.05, 0.1) is 17.3 Å². The lowest BCUT2D eigenvalue weighted by atomic mass is 10.1. The lowest BCUT2D eigenvalue weighted by Crippen LogP contribution is -2.28. The molecular formula is C14H14Cl2N2O2S. The Kier molecular flexibility index (Phi) is 5.99. The van der Waals surface area contributed by atoms with Crippen LogP contribution in [0.2, 0.25) is 10.0 Å². The number of benzene rings is 1. The van der Waals surface area contributed by atoms with E-state index in [-0.39, 0.29) is 12.5 Å². The highest BCUT2D eigenvalue weighted by Crippen LogP contribution is 2.29. The van der Waals surface area contributed by atoms with E-state index in [9.17, 15) is 9.90 Å². The molecule has 7 heteroatoms. The SMILES string of the molecule is O=C(CCc1cscn1)NC[C@H](O)c1c(Cl)cccc1Cl. The largest absolute Gasteiger partial charge is 0.386 e. The molecule has 0 aliphatic rings. The second-order valence-corrected chi connectivity index (χ2v) is 5.97. The lowest BCUT2D eigenvalue weighted by molar-refractivity contribution is -0.121. The van der Waals surface area contributed by atoms with Gasteiger partial charge in [-0.1, -0.05) is 29.3 Å². The summed E-state index contributed by atoms with van der Waals surface area (Å²) in [5.74, 6) is -0.148. The number of carbonyl (C=O) groups is 1. The number of aliphatic hydroxyl groups excluding tert-OH is 1. The molecule has 0 unspecified atom stereocenters. The normalized spacial score (nSPS) is 12.1. The third-order valence-corrected chi connectivity index (χ3v) is 4.21. The number of carbonyl (C=O) groups excluding carboxylic acids is 1. The highest BCUT2D eigenvalue weighted by molar-refractivity contribution is 7.07. The molecule has 0 aliphatic carbocycles. The summed E-state index contributed by atoms with van der Waals surface area (Å²) in [6.07, 6.45) is -0.0280. The quantitative estimate of drug-likeness (QED) is 0.845. The molecule has 2 N–H and O–H groups in total. The van der Waals surface area contributed by atoms with Crippen LogP contribution in [0.4, 0.5) is 0 Å². The highest BCUT2D eigenvalue weighted by atomic mass is 35.5. The van der Waals surface area contributed by atoms with E-state index >= 15 is 0 Å². The smallest absolute Gasteiger partial charge is 0.220 e. The topological polar surface area (TPSA) is 62.2 Å². The maximum atomic E-state index is 11.7. The molecule has 0 saturated heterocycles. The molecule has 2 aromatic rings. The maximum absolute atomic E-state index is 11.7.